The van der Waals surface area contributed by atoms with Crippen molar-refractivity contribution >= 4 is 11.8 Å². The van der Waals surface area contributed by atoms with Crippen LogP contribution in [0.5, 0.6) is 0 Å². The number of nitrogens with one attached hydrogen (secondary N) is 2. The van der Waals surface area contributed by atoms with Gasteiger partial charge in [0.1, 0.15) is 6.04 Å². The number of ether oxygens (including phenoxy) is 1. The molecule has 2 N–H and O–H groups in total. The molecule has 0 aromatic rings. The molecule has 6 heteroatoms. The van der Waals surface area contributed by atoms with Gasteiger partial charge in [0.25, 0.3) is 0 Å². The van der Waals surface area contributed by atoms with Gasteiger partial charge in [-0.05, 0) is 27.3 Å². The predicted molar refractivity (Wildman–Crippen MR) is 77.4 cm³/mol. The minimum atomic E-state index is -0.507. The highest BCUT2D eigenvalue weighted by atomic mass is 16.5. The first-order chi connectivity index (χ1) is 9.45. The molecule has 0 bridgehead atoms. The monoisotopic (exact) mass is 285 g/mol. The normalized spacial score (nSPS) is 20.9. The SMILES string of the molecule is CCNC(C)CC(=O)N1CCOCC1C(=O)NC(C)C. The maximum atomic E-state index is 12.3. The molecular formula is C14H27N3O3. The Morgan fingerprint density at radius 1 is 1.35 bits per heavy atom. The fraction of sp³-hybridized carbons (Fsp3) is 0.857. The fourth-order valence-electron chi connectivity index (χ4n) is 2.30. The summed E-state index contributed by atoms with van der Waals surface area (Å²) in [5.74, 6) is -0.130. The van der Waals surface area contributed by atoms with Crippen LogP contribution < -0.4 is 10.6 Å². The number of hydrogen-bond acceptors (Lipinski definition) is 4. The number of hydrogen-bond donors (Lipinski definition) is 2. The average Bonchev–Trinajstić information content (AvgIpc) is 2.38. The maximum absolute atomic E-state index is 12.3. The number of amides is 2. The van der Waals surface area contributed by atoms with Crippen LogP contribution in [0.25, 0.3) is 0 Å². The molecule has 1 rings (SSSR count). The van der Waals surface area contributed by atoms with E-state index in [0.717, 1.165) is 6.54 Å². The summed E-state index contributed by atoms with van der Waals surface area (Å²) in [6.07, 6.45) is 0.402. The van der Waals surface area contributed by atoms with E-state index in [0.29, 0.717) is 19.6 Å². The average molecular weight is 285 g/mol. The predicted octanol–water partition coefficient (Wildman–Crippen LogP) is 0.127. The minimum absolute atomic E-state index is 0.00524. The van der Waals surface area contributed by atoms with Crippen molar-refractivity contribution in [3.05, 3.63) is 0 Å². The molecule has 6 nitrogen and oxygen atoms in total. The number of carbonyl (C=O) groups is 2. The van der Waals surface area contributed by atoms with E-state index in [1.54, 1.807) is 4.90 Å². The second-order valence-corrected chi connectivity index (χ2v) is 5.50. The second-order valence-electron chi connectivity index (χ2n) is 5.50. The van der Waals surface area contributed by atoms with Gasteiger partial charge in [0.05, 0.1) is 13.2 Å². The molecule has 2 atom stereocenters. The van der Waals surface area contributed by atoms with Crippen LogP contribution in [0.15, 0.2) is 0 Å². The summed E-state index contributed by atoms with van der Waals surface area (Å²) in [5, 5.41) is 6.06. The van der Waals surface area contributed by atoms with Crippen LogP contribution in [0.4, 0.5) is 0 Å². The van der Waals surface area contributed by atoms with Crippen LogP contribution in [0.1, 0.15) is 34.1 Å². The molecule has 116 valence electrons. The van der Waals surface area contributed by atoms with Gasteiger partial charge in [-0.1, -0.05) is 6.92 Å². The van der Waals surface area contributed by atoms with Crippen LogP contribution in [-0.4, -0.2) is 61.1 Å². The molecule has 20 heavy (non-hydrogen) atoms. The number of morpholine rings is 1. The molecule has 1 aliphatic rings. The lowest BCUT2D eigenvalue weighted by molar-refractivity contribution is -0.149. The fourth-order valence-corrected chi connectivity index (χ4v) is 2.30. The Morgan fingerprint density at radius 3 is 2.65 bits per heavy atom. The Hall–Kier alpha value is -1.14. The first-order valence-electron chi connectivity index (χ1n) is 7.36. The number of nitrogens with zero attached hydrogens (tertiary/aromatic N) is 1. The van der Waals surface area contributed by atoms with E-state index in [-0.39, 0.29) is 30.5 Å². The summed E-state index contributed by atoms with van der Waals surface area (Å²) >= 11 is 0. The summed E-state index contributed by atoms with van der Waals surface area (Å²) in [7, 11) is 0. The summed E-state index contributed by atoms with van der Waals surface area (Å²) < 4.78 is 5.35. The third kappa shape index (κ3) is 5.09. The number of rotatable bonds is 6. The van der Waals surface area contributed by atoms with Gasteiger partial charge in [-0.3, -0.25) is 9.59 Å². The molecule has 1 saturated heterocycles. The summed E-state index contributed by atoms with van der Waals surface area (Å²) in [6.45, 7) is 9.87. The van der Waals surface area contributed by atoms with Gasteiger partial charge >= 0.3 is 0 Å². The molecule has 0 saturated carbocycles. The summed E-state index contributed by atoms with van der Waals surface area (Å²) in [6, 6.07) is -0.335. The topological polar surface area (TPSA) is 70.7 Å². The Kier molecular flexibility index (Phi) is 6.95. The van der Waals surface area contributed by atoms with Gasteiger partial charge in [0, 0.05) is 25.0 Å². The standard InChI is InChI=1S/C14H27N3O3/c1-5-15-11(4)8-13(18)17-6-7-20-9-12(17)14(19)16-10(2)3/h10-12,15H,5-9H2,1-4H3,(H,16,19). The molecule has 2 unspecified atom stereocenters. The molecule has 0 aliphatic carbocycles. The van der Waals surface area contributed by atoms with Crippen molar-refractivity contribution in [3.8, 4) is 0 Å². The minimum Gasteiger partial charge on any atom is -0.377 e. The molecule has 0 aromatic carbocycles. The van der Waals surface area contributed by atoms with Crippen LogP contribution in [0.3, 0.4) is 0 Å². The van der Waals surface area contributed by atoms with Crippen molar-refractivity contribution in [1.82, 2.24) is 15.5 Å². The summed E-state index contributed by atoms with van der Waals surface area (Å²) in [5.41, 5.74) is 0. The third-order valence-corrected chi connectivity index (χ3v) is 3.22. The lowest BCUT2D eigenvalue weighted by Gasteiger charge is -2.35. The molecular weight excluding hydrogens is 258 g/mol. The molecule has 1 heterocycles. The van der Waals surface area contributed by atoms with E-state index in [1.807, 2.05) is 27.7 Å². The Balaban J connectivity index is 2.63. The molecule has 1 fully saturated rings. The molecule has 2 amide bonds. The van der Waals surface area contributed by atoms with Crippen LogP contribution in [0, 0.1) is 0 Å². The van der Waals surface area contributed by atoms with E-state index in [2.05, 4.69) is 10.6 Å². The van der Waals surface area contributed by atoms with Crippen LogP contribution >= 0.6 is 0 Å². The number of carbonyl (C=O) groups excluding carboxylic acids is 2. The third-order valence-electron chi connectivity index (χ3n) is 3.22. The zero-order chi connectivity index (χ0) is 15.1. The van der Waals surface area contributed by atoms with Crippen molar-refractivity contribution < 1.29 is 14.3 Å². The Labute approximate surface area is 121 Å². The molecule has 1 aliphatic heterocycles. The van der Waals surface area contributed by atoms with Gasteiger partial charge in [0.15, 0.2) is 0 Å². The van der Waals surface area contributed by atoms with Crippen molar-refractivity contribution in [2.45, 2.75) is 52.2 Å². The van der Waals surface area contributed by atoms with E-state index < -0.39 is 6.04 Å². The van der Waals surface area contributed by atoms with Crippen molar-refractivity contribution in [2.75, 3.05) is 26.3 Å². The van der Waals surface area contributed by atoms with E-state index in [1.165, 1.54) is 0 Å². The van der Waals surface area contributed by atoms with Gasteiger partial charge in [-0.15, -0.1) is 0 Å². The first kappa shape index (κ1) is 16.9. The van der Waals surface area contributed by atoms with Crippen molar-refractivity contribution in [1.29, 1.82) is 0 Å². The molecule has 0 radical (unpaired) electrons. The smallest absolute Gasteiger partial charge is 0.245 e. The highest BCUT2D eigenvalue weighted by molar-refractivity contribution is 5.88. The largest absolute Gasteiger partial charge is 0.377 e. The Bertz CT molecular complexity index is 334. The van der Waals surface area contributed by atoms with Gasteiger partial charge in [-0.2, -0.15) is 0 Å². The first-order valence-corrected chi connectivity index (χ1v) is 7.36. The van der Waals surface area contributed by atoms with E-state index in [9.17, 15) is 9.59 Å². The highest BCUT2D eigenvalue weighted by Crippen LogP contribution is 2.10. The zero-order valence-electron chi connectivity index (χ0n) is 12.9. The summed E-state index contributed by atoms with van der Waals surface area (Å²) in [4.78, 5) is 26.1. The maximum Gasteiger partial charge on any atom is 0.245 e. The lowest BCUT2D eigenvalue weighted by Crippen LogP contribution is -2.57. The molecule has 0 aromatic heterocycles. The van der Waals surface area contributed by atoms with Crippen molar-refractivity contribution in [2.24, 2.45) is 0 Å². The van der Waals surface area contributed by atoms with Gasteiger partial charge in [0.2, 0.25) is 11.8 Å². The second kappa shape index (κ2) is 8.21. The van der Waals surface area contributed by atoms with E-state index >= 15 is 0 Å². The van der Waals surface area contributed by atoms with Crippen LogP contribution in [0.2, 0.25) is 0 Å². The van der Waals surface area contributed by atoms with Gasteiger partial charge in [-0.25, -0.2) is 0 Å². The quantitative estimate of drug-likeness (QED) is 0.727. The lowest BCUT2D eigenvalue weighted by atomic mass is 10.1. The highest BCUT2D eigenvalue weighted by Gasteiger charge is 2.33. The zero-order valence-corrected chi connectivity index (χ0v) is 12.9. The van der Waals surface area contributed by atoms with Gasteiger partial charge < -0.3 is 20.3 Å². The molecule has 0 spiro atoms. The van der Waals surface area contributed by atoms with Crippen LogP contribution in [-0.2, 0) is 14.3 Å². The Morgan fingerprint density at radius 2 is 2.05 bits per heavy atom. The van der Waals surface area contributed by atoms with E-state index in [4.69, 9.17) is 4.74 Å². The van der Waals surface area contributed by atoms with Crippen molar-refractivity contribution in [3.63, 3.8) is 0 Å².